The molecule has 1 heterocycles. The lowest BCUT2D eigenvalue weighted by atomic mass is 10.1. The maximum absolute atomic E-state index is 12.6. The third-order valence-corrected chi connectivity index (χ3v) is 3.09. The Kier molecular flexibility index (Phi) is 4.21. The van der Waals surface area contributed by atoms with Crippen LogP contribution in [0.4, 0.5) is 26.3 Å². The summed E-state index contributed by atoms with van der Waals surface area (Å²) in [6.07, 6.45) is -9.76. The van der Waals surface area contributed by atoms with Crippen LogP contribution in [0.3, 0.4) is 0 Å². The summed E-state index contributed by atoms with van der Waals surface area (Å²) in [5.74, 6) is 0. The molecule has 0 radical (unpaired) electrons. The number of hydrogen-bond donors (Lipinski definition) is 1. The van der Waals surface area contributed by atoms with Gasteiger partial charge in [0.2, 0.25) is 0 Å². The molecule has 0 saturated carbocycles. The molecule has 0 amide bonds. The van der Waals surface area contributed by atoms with Gasteiger partial charge in [0.15, 0.2) is 10.7 Å². The van der Waals surface area contributed by atoms with Gasteiger partial charge in [-0.1, -0.05) is 0 Å². The summed E-state index contributed by atoms with van der Waals surface area (Å²) in [6.45, 7) is 4.79. The van der Waals surface area contributed by atoms with Crippen LogP contribution in [0.5, 0.6) is 0 Å². The Morgan fingerprint density at radius 1 is 1.00 bits per heavy atom. The third kappa shape index (κ3) is 4.64. The molecule has 9 heteroatoms. The molecule has 0 aliphatic heterocycles. The van der Waals surface area contributed by atoms with E-state index in [1.165, 1.54) is 0 Å². The van der Waals surface area contributed by atoms with E-state index in [4.69, 9.17) is 0 Å². The van der Waals surface area contributed by atoms with Crippen molar-refractivity contribution in [1.82, 2.24) is 10.3 Å². The monoisotopic (exact) mass is 306 g/mol. The molecule has 0 spiro atoms. The number of nitrogens with zero attached hydrogens (tertiary/aromatic N) is 1. The Morgan fingerprint density at radius 3 is 1.89 bits per heavy atom. The third-order valence-electron chi connectivity index (χ3n) is 1.99. The lowest BCUT2D eigenvalue weighted by molar-refractivity contribution is -0.147. The molecule has 1 rings (SSSR count). The molecule has 0 aliphatic rings. The summed E-state index contributed by atoms with van der Waals surface area (Å²) in [4.78, 5) is 2.22. The first-order chi connectivity index (χ1) is 8.31. The minimum atomic E-state index is -4.89. The first kappa shape index (κ1) is 16.2. The van der Waals surface area contributed by atoms with Gasteiger partial charge in [-0.25, -0.2) is 4.98 Å². The van der Waals surface area contributed by atoms with Gasteiger partial charge < -0.3 is 5.32 Å². The van der Waals surface area contributed by atoms with Gasteiger partial charge in [0, 0.05) is 12.1 Å². The number of hydrogen-bond acceptors (Lipinski definition) is 3. The quantitative estimate of drug-likeness (QED) is 0.833. The van der Waals surface area contributed by atoms with Crippen molar-refractivity contribution in [2.45, 2.75) is 45.2 Å². The van der Waals surface area contributed by atoms with Crippen LogP contribution in [0.15, 0.2) is 0 Å². The van der Waals surface area contributed by atoms with Gasteiger partial charge in [-0.2, -0.15) is 26.3 Å². The van der Waals surface area contributed by atoms with Crippen LogP contribution in [-0.2, 0) is 18.9 Å². The number of aromatic nitrogens is 1. The smallest absolute Gasteiger partial charge is 0.307 e. The molecule has 0 saturated heterocycles. The maximum Gasteiger partial charge on any atom is 0.443 e. The van der Waals surface area contributed by atoms with E-state index in [0.29, 0.717) is 0 Å². The first-order valence-electron chi connectivity index (χ1n) is 5.20. The van der Waals surface area contributed by atoms with Crippen molar-refractivity contribution in [1.29, 1.82) is 0 Å². The number of alkyl halides is 6. The molecule has 110 valence electrons. The Labute approximate surface area is 109 Å². The normalized spacial score (nSPS) is 13.9. The van der Waals surface area contributed by atoms with Crippen molar-refractivity contribution in [3.8, 4) is 0 Å². The van der Waals surface area contributed by atoms with E-state index in [1.54, 1.807) is 20.8 Å². The van der Waals surface area contributed by atoms with Crippen LogP contribution < -0.4 is 5.32 Å². The maximum atomic E-state index is 12.6. The molecule has 1 aromatic rings. The fourth-order valence-electron chi connectivity index (χ4n) is 1.16. The van der Waals surface area contributed by atoms with Gasteiger partial charge in [0.25, 0.3) is 0 Å². The van der Waals surface area contributed by atoms with E-state index >= 15 is 0 Å². The van der Waals surface area contributed by atoms with Crippen LogP contribution in [0.25, 0.3) is 0 Å². The summed E-state index contributed by atoms with van der Waals surface area (Å²) in [5, 5.41) is 1.24. The summed E-state index contributed by atoms with van der Waals surface area (Å²) in [7, 11) is 0. The summed E-state index contributed by atoms with van der Waals surface area (Å²) in [6, 6.07) is 0. The van der Waals surface area contributed by atoms with Crippen LogP contribution in [0, 0.1) is 0 Å². The zero-order valence-electron chi connectivity index (χ0n) is 10.3. The van der Waals surface area contributed by atoms with Crippen LogP contribution >= 0.6 is 11.3 Å². The molecule has 0 unspecified atom stereocenters. The van der Waals surface area contributed by atoms with Crippen molar-refractivity contribution in [2.24, 2.45) is 0 Å². The molecule has 1 N–H and O–H groups in total. The average molecular weight is 306 g/mol. The van der Waals surface area contributed by atoms with E-state index in [1.807, 2.05) is 0 Å². The molecule has 0 fully saturated rings. The van der Waals surface area contributed by atoms with Gasteiger partial charge in [0.1, 0.15) is 0 Å². The first-order valence-corrected chi connectivity index (χ1v) is 6.01. The highest BCUT2D eigenvalue weighted by molar-refractivity contribution is 7.11. The highest BCUT2D eigenvalue weighted by atomic mass is 32.1. The molecule has 0 atom stereocenters. The number of thiazole rings is 1. The fraction of sp³-hybridized carbons (Fsp3) is 0.700. The van der Waals surface area contributed by atoms with Gasteiger partial charge >= 0.3 is 12.4 Å². The summed E-state index contributed by atoms with van der Waals surface area (Å²) >= 11 is 0.0154. The largest absolute Gasteiger partial charge is 0.443 e. The lowest BCUT2D eigenvalue weighted by Gasteiger charge is -2.20. The molecule has 1 aromatic heterocycles. The van der Waals surface area contributed by atoms with Crippen molar-refractivity contribution in [2.75, 3.05) is 0 Å². The second kappa shape index (κ2) is 4.93. The average Bonchev–Trinajstić information content (AvgIpc) is 2.55. The second-order valence-electron chi connectivity index (χ2n) is 4.89. The molecular weight excluding hydrogens is 294 g/mol. The van der Waals surface area contributed by atoms with Crippen LogP contribution in [-0.4, -0.2) is 10.5 Å². The number of halogens is 6. The molecular formula is C10H12F6N2S. The van der Waals surface area contributed by atoms with Crippen molar-refractivity contribution in [3.63, 3.8) is 0 Å². The molecule has 2 nitrogen and oxygen atoms in total. The van der Waals surface area contributed by atoms with Crippen LogP contribution in [0.2, 0.25) is 0 Å². The van der Waals surface area contributed by atoms with E-state index in [9.17, 15) is 26.3 Å². The zero-order chi connectivity index (χ0) is 15.1. The highest BCUT2D eigenvalue weighted by Crippen LogP contribution is 2.40. The Balaban J connectivity index is 3.11. The predicted molar refractivity (Wildman–Crippen MR) is 58.7 cm³/mol. The SMILES string of the molecule is CC(C)(C)NCc1sc(C(F)(F)F)nc1C(F)(F)F. The Bertz CT molecular complexity index is 440. The van der Waals surface area contributed by atoms with Gasteiger partial charge in [-0.15, -0.1) is 11.3 Å². The van der Waals surface area contributed by atoms with Crippen molar-refractivity contribution >= 4 is 11.3 Å². The van der Waals surface area contributed by atoms with Gasteiger partial charge in [0.05, 0.1) is 4.88 Å². The predicted octanol–water partition coefficient (Wildman–Crippen LogP) is 4.07. The van der Waals surface area contributed by atoms with E-state index in [2.05, 4.69) is 10.3 Å². The Hall–Kier alpha value is -0.830. The lowest BCUT2D eigenvalue weighted by Crippen LogP contribution is -2.35. The van der Waals surface area contributed by atoms with E-state index in [-0.39, 0.29) is 17.9 Å². The molecule has 0 bridgehead atoms. The van der Waals surface area contributed by atoms with E-state index in [0.717, 1.165) is 0 Å². The molecule has 19 heavy (non-hydrogen) atoms. The van der Waals surface area contributed by atoms with E-state index < -0.39 is 33.5 Å². The Morgan fingerprint density at radius 2 is 1.53 bits per heavy atom. The summed E-state index contributed by atoms with van der Waals surface area (Å²) < 4.78 is 75.1. The number of nitrogens with one attached hydrogen (secondary N) is 1. The topological polar surface area (TPSA) is 24.9 Å². The molecule has 0 aliphatic carbocycles. The van der Waals surface area contributed by atoms with Gasteiger partial charge in [-0.3, -0.25) is 0 Å². The van der Waals surface area contributed by atoms with Crippen LogP contribution in [0.1, 0.15) is 36.3 Å². The van der Waals surface area contributed by atoms with Crippen molar-refractivity contribution in [3.05, 3.63) is 15.6 Å². The summed E-state index contributed by atoms with van der Waals surface area (Å²) in [5.41, 5.74) is -1.98. The minimum absolute atomic E-state index is 0.0154. The number of rotatable bonds is 2. The second-order valence-corrected chi connectivity index (χ2v) is 5.97. The standard InChI is InChI=1S/C10H12F6N2S/c1-8(2,3)17-4-5-6(9(11,12)13)18-7(19-5)10(14,15)16/h17H,4H2,1-3H3. The van der Waals surface area contributed by atoms with Crippen molar-refractivity contribution < 1.29 is 26.3 Å². The van der Waals surface area contributed by atoms with Gasteiger partial charge in [-0.05, 0) is 20.8 Å². The minimum Gasteiger partial charge on any atom is -0.307 e. The zero-order valence-corrected chi connectivity index (χ0v) is 11.1. The fourth-order valence-corrected chi connectivity index (χ4v) is 2.05. The highest BCUT2D eigenvalue weighted by Gasteiger charge is 2.43. The molecule has 0 aromatic carbocycles.